The zero-order valence-corrected chi connectivity index (χ0v) is 6.03. The molecule has 0 saturated carbocycles. The van der Waals surface area contributed by atoms with Crippen molar-refractivity contribution in [3.8, 4) is 0 Å². The Morgan fingerprint density at radius 2 is 2.33 bits per heavy atom. The van der Waals surface area contributed by atoms with Crippen LogP contribution in [0.15, 0.2) is 11.1 Å². The van der Waals surface area contributed by atoms with Gasteiger partial charge in [-0.1, -0.05) is 0 Å². The summed E-state index contributed by atoms with van der Waals surface area (Å²) >= 11 is 0. The van der Waals surface area contributed by atoms with Crippen molar-refractivity contribution in [2.75, 3.05) is 0 Å². The molecule has 0 aliphatic rings. The summed E-state index contributed by atoms with van der Waals surface area (Å²) in [6.07, 6.45) is 1.28. The van der Waals surface area contributed by atoms with Gasteiger partial charge in [-0.25, -0.2) is 4.98 Å². The summed E-state index contributed by atoms with van der Waals surface area (Å²) in [6.45, 7) is -0.201. The molecule has 6 heteroatoms. The minimum Gasteiger partial charge on any atom is -0.390 e. The molecule has 0 radical (unpaired) electrons. The van der Waals surface area contributed by atoms with E-state index in [1.165, 1.54) is 6.33 Å². The molecule has 2 rings (SSSR count). The number of aliphatic hydroxyl groups excluding tert-OH is 1. The molecule has 6 nitrogen and oxygen atoms in total. The van der Waals surface area contributed by atoms with Crippen molar-refractivity contribution in [3.05, 3.63) is 22.4 Å². The van der Waals surface area contributed by atoms with Gasteiger partial charge in [0.1, 0.15) is 5.52 Å². The molecule has 0 amide bonds. The number of aromatic nitrogens is 4. The second-order valence-electron chi connectivity index (χ2n) is 2.29. The Morgan fingerprint density at radius 3 is 3.08 bits per heavy atom. The van der Waals surface area contributed by atoms with Crippen LogP contribution in [0.2, 0.25) is 0 Å². The molecular weight excluding hydrogens is 160 g/mol. The Balaban J connectivity index is 2.89. The Labute approximate surface area is 66.3 Å². The summed E-state index contributed by atoms with van der Waals surface area (Å²) in [5.74, 6) is 0. The van der Waals surface area contributed by atoms with Crippen LogP contribution in [0.4, 0.5) is 0 Å². The van der Waals surface area contributed by atoms with Gasteiger partial charge in [-0.3, -0.25) is 9.89 Å². The number of nitrogens with zero attached hydrogens (tertiary/aromatic N) is 2. The zero-order chi connectivity index (χ0) is 8.55. The van der Waals surface area contributed by atoms with Crippen molar-refractivity contribution in [1.82, 2.24) is 20.2 Å². The van der Waals surface area contributed by atoms with Crippen LogP contribution >= 0.6 is 0 Å². The number of rotatable bonds is 1. The summed E-state index contributed by atoms with van der Waals surface area (Å²) in [5, 5.41) is 15.0. The third kappa shape index (κ3) is 0.817. The van der Waals surface area contributed by atoms with Gasteiger partial charge in [0.25, 0.3) is 5.56 Å². The Kier molecular flexibility index (Phi) is 1.41. The van der Waals surface area contributed by atoms with Crippen LogP contribution in [-0.2, 0) is 6.61 Å². The molecular formula is C6H6N4O2. The Morgan fingerprint density at radius 1 is 1.50 bits per heavy atom. The molecule has 0 saturated heterocycles. The lowest BCUT2D eigenvalue weighted by atomic mass is 10.3. The molecule has 0 fully saturated rings. The van der Waals surface area contributed by atoms with Crippen LogP contribution in [0.5, 0.6) is 0 Å². The van der Waals surface area contributed by atoms with Gasteiger partial charge in [0.2, 0.25) is 0 Å². The molecule has 12 heavy (non-hydrogen) atoms. The lowest BCUT2D eigenvalue weighted by molar-refractivity contribution is 0.278. The molecule has 3 N–H and O–H groups in total. The first-order chi connectivity index (χ1) is 5.83. The van der Waals surface area contributed by atoms with Gasteiger partial charge in [-0.2, -0.15) is 5.10 Å². The standard InChI is InChI=1S/C6H6N4O2/c11-1-3-4-5(10-9-3)6(12)8-2-7-4/h2,11H,1H2,(H,9,10)(H,7,8,12). The second-order valence-corrected chi connectivity index (χ2v) is 2.29. The van der Waals surface area contributed by atoms with Crippen molar-refractivity contribution < 1.29 is 5.11 Å². The molecule has 0 aliphatic heterocycles. The predicted octanol–water partition coefficient (Wildman–Crippen LogP) is -0.862. The summed E-state index contributed by atoms with van der Waals surface area (Å²) < 4.78 is 0. The quantitative estimate of drug-likeness (QED) is 0.513. The monoisotopic (exact) mass is 166 g/mol. The molecule has 2 heterocycles. The highest BCUT2D eigenvalue weighted by molar-refractivity contribution is 5.75. The number of hydrogen-bond donors (Lipinski definition) is 3. The summed E-state index contributed by atoms with van der Waals surface area (Å²) in [4.78, 5) is 17.3. The molecule has 62 valence electrons. The lowest BCUT2D eigenvalue weighted by Crippen LogP contribution is -2.05. The van der Waals surface area contributed by atoms with Crippen molar-refractivity contribution >= 4 is 11.0 Å². The van der Waals surface area contributed by atoms with Gasteiger partial charge in [0.15, 0.2) is 5.52 Å². The Bertz CT molecular complexity index is 458. The average molecular weight is 166 g/mol. The van der Waals surface area contributed by atoms with E-state index in [1.54, 1.807) is 0 Å². The maximum atomic E-state index is 11.0. The predicted molar refractivity (Wildman–Crippen MR) is 40.4 cm³/mol. The van der Waals surface area contributed by atoms with E-state index in [-0.39, 0.29) is 17.7 Å². The Hall–Kier alpha value is -1.69. The van der Waals surface area contributed by atoms with Gasteiger partial charge in [-0.05, 0) is 0 Å². The van der Waals surface area contributed by atoms with E-state index < -0.39 is 0 Å². The van der Waals surface area contributed by atoms with Crippen molar-refractivity contribution in [1.29, 1.82) is 0 Å². The number of hydrogen-bond acceptors (Lipinski definition) is 4. The minimum absolute atomic E-state index is 0.201. The van der Waals surface area contributed by atoms with Crippen LogP contribution < -0.4 is 5.56 Å². The lowest BCUT2D eigenvalue weighted by Gasteiger charge is -1.87. The van der Waals surface area contributed by atoms with Crippen molar-refractivity contribution in [3.63, 3.8) is 0 Å². The number of aliphatic hydroxyl groups is 1. The van der Waals surface area contributed by atoms with Crippen LogP contribution in [0.1, 0.15) is 5.69 Å². The van der Waals surface area contributed by atoms with E-state index in [1.807, 2.05) is 0 Å². The van der Waals surface area contributed by atoms with E-state index >= 15 is 0 Å². The second kappa shape index (κ2) is 2.42. The first-order valence-electron chi connectivity index (χ1n) is 3.34. The maximum absolute atomic E-state index is 11.0. The van der Waals surface area contributed by atoms with Gasteiger partial charge in [0.05, 0.1) is 18.6 Å². The van der Waals surface area contributed by atoms with Gasteiger partial charge in [0, 0.05) is 0 Å². The topological polar surface area (TPSA) is 94.7 Å². The van der Waals surface area contributed by atoms with Gasteiger partial charge in [-0.15, -0.1) is 0 Å². The summed E-state index contributed by atoms with van der Waals surface area (Å²) in [5.41, 5.74) is 0.787. The molecule has 0 spiro atoms. The highest BCUT2D eigenvalue weighted by Gasteiger charge is 2.07. The molecule has 2 aromatic rings. The normalized spacial score (nSPS) is 10.8. The van der Waals surface area contributed by atoms with Crippen molar-refractivity contribution in [2.45, 2.75) is 6.61 Å². The molecule has 0 bridgehead atoms. The molecule has 0 aromatic carbocycles. The first-order valence-corrected chi connectivity index (χ1v) is 3.34. The SMILES string of the molecule is O=c1[nH]cnc2c(CO)[nH]nc12. The average Bonchev–Trinajstić information content (AvgIpc) is 2.49. The largest absolute Gasteiger partial charge is 0.390 e. The molecule has 0 atom stereocenters. The van der Waals surface area contributed by atoms with Crippen LogP contribution in [0.25, 0.3) is 11.0 Å². The third-order valence-corrected chi connectivity index (χ3v) is 1.58. The zero-order valence-electron chi connectivity index (χ0n) is 6.03. The van der Waals surface area contributed by atoms with E-state index in [0.717, 1.165) is 0 Å². The van der Waals surface area contributed by atoms with E-state index in [4.69, 9.17) is 5.11 Å². The highest BCUT2D eigenvalue weighted by Crippen LogP contribution is 2.06. The maximum Gasteiger partial charge on any atom is 0.279 e. The fourth-order valence-corrected chi connectivity index (χ4v) is 1.00. The smallest absolute Gasteiger partial charge is 0.279 e. The van der Waals surface area contributed by atoms with E-state index in [9.17, 15) is 4.79 Å². The summed E-state index contributed by atoms with van der Waals surface area (Å²) in [7, 11) is 0. The number of nitrogens with one attached hydrogen (secondary N) is 2. The van der Waals surface area contributed by atoms with E-state index in [2.05, 4.69) is 20.2 Å². The van der Waals surface area contributed by atoms with Crippen LogP contribution in [0, 0.1) is 0 Å². The number of fused-ring (bicyclic) bond motifs is 1. The van der Waals surface area contributed by atoms with Crippen LogP contribution in [0.3, 0.4) is 0 Å². The van der Waals surface area contributed by atoms with Gasteiger partial charge >= 0.3 is 0 Å². The fraction of sp³-hybridized carbons (Fsp3) is 0.167. The van der Waals surface area contributed by atoms with E-state index in [0.29, 0.717) is 11.2 Å². The molecule has 2 aromatic heterocycles. The highest BCUT2D eigenvalue weighted by atomic mass is 16.3. The number of H-pyrrole nitrogens is 2. The van der Waals surface area contributed by atoms with Gasteiger partial charge < -0.3 is 10.1 Å². The minimum atomic E-state index is -0.309. The first kappa shape index (κ1) is 6.99. The van der Waals surface area contributed by atoms with Crippen LogP contribution in [-0.4, -0.2) is 25.3 Å². The number of aromatic amines is 2. The fourth-order valence-electron chi connectivity index (χ4n) is 1.00. The van der Waals surface area contributed by atoms with Crippen molar-refractivity contribution in [2.24, 2.45) is 0 Å². The molecule has 0 unspecified atom stereocenters. The summed E-state index contributed by atoms with van der Waals surface area (Å²) in [6, 6.07) is 0. The molecule has 0 aliphatic carbocycles. The third-order valence-electron chi connectivity index (χ3n) is 1.58.